The molecule has 7 heteroatoms. The van der Waals surface area contributed by atoms with Crippen molar-refractivity contribution in [3.63, 3.8) is 0 Å². The molecule has 1 atom stereocenters. The Morgan fingerprint density at radius 1 is 1.38 bits per heavy atom. The van der Waals surface area contributed by atoms with Gasteiger partial charge >= 0.3 is 0 Å². The zero-order valence-corrected chi connectivity index (χ0v) is 13.4. The van der Waals surface area contributed by atoms with Crippen molar-refractivity contribution >= 4 is 23.1 Å². The van der Waals surface area contributed by atoms with Crippen molar-refractivity contribution in [1.29, 1.82) is 0 Å². The van der Waals surface area contributed by atoms with Crippen LogP contribution in [-0.2, 0) is 6.42 Å². The Morgan fingerprint density at radius 2 is 2.14 bits per heavy atom. The first-order valence-electron chi connectivity index (χ1n) is 6.77. The molecule has 0 bridgehead atoms. The Labute approximate surface area is 128 Å². The first-order valence-corrected chi connectivity index (χ1v) is 7.59. The number of hydrogen-bond acceptors (Lipinski definition) is 6. The molecule has 1 N–H and O–H groups in total. The molecular formula is C14H19N5OS. The third kappa shape index (κ3) is 3.75. The summed E-state index contributed by atoms with van der Waals surface area (Å²) in [7, 11) is 3.37. The van der Waals surface area contributed by atoms with Gasteiger partial charge in [-0.05, 0) is 25.5 Å². The maximum atomic E-state index is 11.7. The average molecular weight is 305 g/mol. The lowest BCUT2D eigenvalue weighted by Gasteiger charge is -2.12. The number of aromatic nitrogens is 3. The van der Waals surface area contributed by atoms with Gasteiger partial charge in [0, 0.05) is 25.2 Å². The van der Waals surface area contributed by atoms with Crippen molar-refractivity contribution in [1.82, 2.24) is 20.1 Å². The van der Waals surface area contributed by atoms with Crippen molar-refractivity contribution in [2.24, 2.45) is 0 Å². The van der Waals surface area contributed by atoms with Crippen molar-refractivity contribution < 1.29 is 4.79 Å². The molecule has 0 aliphatic carbocycles. The van der Waals surface area contributed by atoms with E-state index in [0.717, 1.165) is 11.4 Å². The van der Waals surface area contributed by atoms with Crippen molar-refractivity contribution in [3.8, 4) is 0 Å². The summed E-state index contributed by atoms with van der Waals surface area (Å²) in [5.74, 6) is 0.473. The lowest BCUT2D eigenvalue weighted by molar-refractivity contribution is 0.0821. The number of anilines is 1. The second-order valence-corrected chi connectivity index (χ2v) is 6.03. The average Bonchev–Trinajstić information content (AvgIpc) is 2.96. The summed E-state index contributed by atoms with van der Waals surface area (Å²) in [6, 6.07) is 3.48. The smallest absolute Gasteiger partial charge is 0.273 e. The maximum absolute atomic E-state index is 11.7. The Hall–Kier alpha value is -2.02. The van der Waals surface area contributed by atoms with Crippen LogP contribution in [0.4, 0.5) is 5.82 Å². The summed E-state index contributed by atoms with van der Waals surface area (Å²) in [6.45, 7) is 4.14. The standard InChI is InChI=1S/C14H19N5OS/c1-5-10-8-15-13(21-10)9(2)16-12-7-6-11(17-18-12)14(20)19(3)4/h6-9H,5H2,1-4H3,(H,16,18). The summed E-state index contributed by atoms with van der Waals surface area (Å²) >= 11 is 1.69. The number of nitrogens with one attached hydrogen (secondary N) is 1. The van der Waals surface area contributed by atoms with Gasteiger partial charge < -0.3 is 10.2 Å². The molecule has 2 aromatic rings. The van der Waals surface area contributed by atoms with E-state index in [-0.39, 0.29) is 11.9 Å². The van der Waals surface area contributed by atoms with Crippen LogP contribution in [0, 0.1) is 0 Å². The van der Waals surface area contributed by atoms with E-state index in [1.54, 1.807) is 37.6 Å². The van der Waals surface area contributed by atoms with Crippen molar-refractivity contribution in [3.05, 3.63) is 33.9 Å². The molecule has 0 fully saturated rings. The minimum absolute atomic E-state index is 0.0556. The molecule has 21 heavy (non-hydrogen) atoms. The highest BCUT2D eigenvalue weighted by molar-refractivity contribution is 7.11. The third-order valence-electron chi connectivity index (χ3n) is 2.94. The Bertz CT molecular complexity index is 608. The topological polar surface area (TPSA) is 71.0 Å². The number of nitrogens with zero attached hydrogens (tertiary/aromatic N) is 4. The molecule has 0 aliphatic rings. The number of carbonyl (C=O) groups excluding carboxylic acids is 1. The van der Waals surface area contributed by atoms with Gasteiger partial charge in [-0.3, -0.25) is 4.79 Å². The van der Waals surface area contributed by atoms with E-state index in [9.17, 15) is 4.79 Å². The van der Waals surface area contributed by atoms with Crippen LogP contribution in [0.15, 0.2) is 18.3 Å². The second-order valence-electron chi connectivity index (χ2n) is 4.89. The van der Waals surface area contributed by atoms with Gasteiger partial charge in [0.15, 0.2) is 5.69 Å². The highest BCUT2D eigenvalue weighted by atomic mass is 32.1. The summed E-state index contributed by atoms with van der Waals surface area (Å²) < 4.78 is 0. The first-order chi connectivity index (χ1) is 10.0. The quantitative estimate of drug-likeness (QED) is 0.918. The maximum Gasteiger partial charge on any atom is 0.273 e. The van der Waals surface area contributed by atoms with E-state index < -0.39 is 0 Å². The van der Waals surface area contributed by atoms with Gasteiger partial charge in [0.05, 0.1) is 6.04 Å². The Morgan fingerprint density at radius 3 is 2.67 bits per heavy atom. The van der Waals surface area contributed by atoms with E-state index in [1.807, 2.05) is 13.1 Å². The summed E-state index contributed by atoms with van der Waals surface area (Å²) in [5.41, 5.74) is 0.334. The second kappa shape index (κ2) is 6.62. The normalized spacial score (nSPS) is 12.0. The van der Waals surface area contributed by atoms with Crippen LogP contribution in [0.25, 0.3) is 0 Å². The lowest BCUT2D eigenvalue weighted by Crippen LogP contribution is -2.23. The minimum atomic E-state index is -0.158. The van der Waals surface area contributed by atoms with Crippen LogP contribution in [0.5, 0.6) is 0 Å². The van der Waals surface area contributed by atoms with Gasteiger partial charge in [-0.15, -0.1) is 21.5 Å². The van der Waals surface area contributed by atoms with Gasteiger partial charge in [0.25, 0.3) is 5.91 Å². The van der Waals surface area contributed by atoms with E-state index in [2.05, 4.69) is 27.4 Å². The highest BCUT2D eigenvalue weighted by Gasteiger charge is 2.13. The zero-order valence-electron chi connectivity index (χ0n) is 12.6. The number of rotatable bonds is 5. The fraction of sp³-hybridized carbons (Fsp3) is 0.429. The minimum Gasteiger partial charge on any atom is -0.360 e. The molecule has 0 saturated heterocycles. The molecule has 112 valence electrons. The van der Waals surface area contributed by atoms with Gasteiger partial charge in [-0.1, -0.05) is 6.92 Å². The molecule has 2 aromatic heterocycles. The van der Waals surface area contributed by atoms with Crippen molar-refractivity contribution in [2.75, 3.05) is 19.4 Å². The fourth-order valence-corrected chi connectivity index (χ4v) is 2.58. The Kier molecular flexibility index (Phi) is 4.85. The number of aryl methyl sites for hydroxylation is 1. The number of amides is 1. The molecule has 0 saturated carbocycles. The van der Waals surface area contributed by atoms with Crippen LogP contribution in [0.1, 0.15) is 40.3 Å². The van der Waals surface area contributed by atoms with Crippen LogP contribution in [0.3, 0.4) is 0 Å². The molecular weight excluding hydrogens is 286 g/mol. The van der Waals surface area contributed by atoms with Crippen LogP contribution < -0.4 is 5.32 Å². The fourth-order valence-electron chi connectivity index (χ4n) is 1.72. The third-order valence-corrected chi connectivity index (χ3v) is 4.27. The van der Waals surface area contributed by atoms with Crippen LogP contribution in [-0.4, -0.2) is 40.1 Å². The molecule has 2 heterocycles. The van der Waals surface area contributed by atoms with Gasteiger partial charge in [-0.25, -0.2) is 4.98 Å². The number of thiazole rings is 1. The molecule has 1 unspecified atom stereocenters. The predicted molar refractivity (Wildman–Crippen MR) is 83.6 cm³/mol. The van der Waals surface area contributed by atoms with E-state index in [4.69, 9.17) is 0 Å². The molecule has 0 aliphatic heterocycles. The van der Waals surface area contributed by atoms with Gasteiger partial charge in [0.1, 0.15) is 10.8 Å². The van der Waals surface area contributed by atoms with Crippen molar-refractivity contribution in [2.45, 2.75) is 26.3 Å². The van der Waals surface area contributed by atoms with Gasteiger partial charge in [-0.2, -0.15) is 0 Å². The molecule has 0 spiro atoms. The van der Waals surface area contributed by atoms with E-state index >= 15 is 0 Å². The molecule has 2 rings (SSSR count). The zero-order chi connectivity index (χ0) is 15.4. The molecule has 0 aromatic carbocycles. The predicted octanol–water partition coefficient (Wildman–Crippen LogP) is 2.37. The first kappa shape index (κ1) is 15.4. The molecule has 1 amide bonds. The summed E-state index contributed by atoms with van der Waals surface area (Å²) in [4.78, 5) is 18.9. The SMILES string of the molecule is CCc1cnc(C(C)Nc2ccc(C(=O)N(C)C)nn2)s1. The van der Waals surface area contributed by atoms with E-state index in [1.165, 1.54) is 9.78 Å². The van der Waals surface area contributed by atoms with Crippen LogP contribution >= 0.6 is 11.3 Å². The van der Waals surface area contributed by atoms with E-state index in [0.29, 0.717) is 11.5 Å². The highest BCUT2D eigenvalue weighted by Crippen LogP contribution is 2.23. The van der Waals surface area contributed by atoms with Crippen LogP contribution in [0.2, 0.25) is 0 Å². The number of hydrogen-bond donors (Lipinski definition) is 1. The summed E-state index contributed by atoms with van der Waals surface area (Å²) in [5, 5.41) is 12.2. The number of carbonyl (C=O) groups is 1. The molecule has 0 radical (unpaired) electrons. The molecule has 6 nitrogen and oxygen atoms in total. The van der Waals surface area contributed by atoms with Gasteiger partial charge in [0.2, 0.25) is 0 Å². The Balaban J connectivity index is 2.04. The lowest BCUT2D eigenvalue weighted by atomic mass is 10.3. The summed E-state index contributed by atoms with van der Waals surface area (Å²) in [6.07, 6.45) is 2.90. The monoisotopic (exact) mass is 305 g/mol. The largest absolute Gasteiger partial charge is 0.360 e.